The summed E-state index contributed by atoms with van der Waals surface area (Å²) in [5, 5.41) is 7.06. The molecule has 1 aromatic heterocycles. The van der Waals surface area contributed by atoms with Gasteiger partial charge in [-0.3, -0.25) is 0 Å². The first-order chi connectivity index (χ1) is 11.9. The Labute approximate surface area is 146 Å². The number of benzene rings is 1. The van der Waals surface area contributed by atoms with Crippen LogP contribution in [0.25, 0.3) is 11.5 Å². The normalized spacial score (nSPS) is 20.8. The quantitative estimate of drug-likeness (QED) is 0.920. The lowest BCUT2D eigenvalue weighted by atomic mass is 9.88. The maximum atomic E-state index is 13.1. The van der Waals surface area contributed by atoms with Crippen molar-refractivity contribution < 1.29 is 13.7 Å². The Morgan fingerprint density at radius 3 is 2.72 bits per heavy atom. The topological polar surface area (TPSA) is 71.3 Å². The largest absolute Gasteiger partial charge is 0.336 e. The number of nitrogens with one attached hydrogen (secondary N) is 1. The molecule has 0 saturated carbocycles. The molecule has 0 radical (unpaired) electrons. The molecule has 2 heterocycles. The van der Waals surface area contributed by atoms with E-state index in [1.807, 2.05) is 20.8 Å². The van der Waals surface area contributed by atoms with Gasteiger partial charge in [-0.15, -0.1) is 0 Å². The average Bonchev–Trinajstić information content (AvgIpc) is 3.06. The summed E-state index contributed by atoms with van der Waals surface area (Å²) in [5.74, 6) is 0.482. The van der Waals surface area contributed by atoms with Crippen LogP contribution in [0.1, 0.15) is 45.9 Å². The van der Waals surface area contributed by atoms with E-state index in [0.29, 0.717) is 23.8 Å². The number of carbonyl (C=O) groups excluding carboxylic acids is 1. The fraction of sp³-hybridized carbons (Fsp3) is 0.500. The van der Waals surface area contributed by atoms with Crippen LogP contribution in [0.2, 0.25) is 0 Å². The number of rotatable bonds is 3. The van der Waals surface area contributed by atoms with Gasteiger partial charge >= 0.3 is 6.03 Å². The molecule has 1 N–H and O–H groups in total. The molecule has 1 saturated heterocycles. The number of urea groups is 1. The molecule has 1 aliphatic rings. The lowest BCUT2D eigenvalue weighted by molar-refractivity contribution is 0.0782. The van der Waals surface area contributed by atoms with E-state index in [-0.39, 0.29) is 17.9 Å². The van der Waals surface area contributed by atoms with Crippen molar-refractivity contribution >= 4 is 6.03 Å². The number of nitrogens with zero attached hydrogens (tertiary/aromatic N) is 3. The van der Waals surface area contributed by atoms with E-state index in [1.165, 1.54) is 12.1 Å². The minimum Gasteiger partial charge on any atom is -0.336 e. The van der Waals surface area contributed by atoms with E-state index in [4.69, 9.17) is 4.52 Å². The number of hydrogen-bond donors (Lipinski definition) is 1. The lowest BCUT2D eigenvalue weighted by Crippen LogP contribution is -2.55. The molecule has 6 nitrogen and oxygen atoms in total. The molecule has 2 amide bonds. The molecule has 3 rings (SSSR count). The fourth-order valence-electron chi connectivity index (χ4n) is 3.16. The molecule has 0 spiro atoms. The predicted octanol–water partition coefficient (Wildman–Crippen LogP) is 3.69. The SMILES string of the molecule is CC(C)NC(=O)N1CCCCC1(C)c1noc(-c2ccc(F)cc2)n1. The Bertz CT molecular complexity index is 744. The molecule has 1 aliphatic heterocycles. The molecule has 0 bridgehead atoms. The van der Waals surface area contributed by atoms with E-state index in [0.717, 1.165) is 19.3 Å². The number of piperidine rings is 1. The van der Waals surface area contributed by atoms with Gasteiger partial charge in [-0.1, -0.05) is 5.16 Å². The average molecular weight is 346 g/mol. The van der Waals surface area contributed by atoms with Crippen molar-refractivity contribution in [2.24, 2.45) is 0 Å². The van der Waals surface area contributed by atoms with Crippen LogP contribution in [0.5, 0.6) is 0 Å². The third-order valence-corrected chi connectivity index (χ3v) is 4.55. The first kappa shape index (κ1) is 17.4. The monoisotopic (exact) mass is 346 g/mol. The smallest absolute Gasteiger partial charge is 0.318 e. The Kier molecular flexibility index (Phi) is 4.74. The molecular formula is C18H23FN4O2. The van der Waals surface area contributed by atoms with Crippen molar-refractivity contribution in [3.05, 3.63) is 35.9 Å². The van der Waals surface area contributed by atoms with Gasteiger partial charge in [0.2, 0.25) is 0 Å². The second-order valence-corrected chi connectivity index (χ2v) is 6.92. The highest BCUT2D eigenvalue weighted by Gasteiger charge is 2.43. The van der Waals surface area contributed by atoms with Crippen LogP contribution < -0.4 is 5.32 Å². The van der Waals surface area contributed by atoms with E-state index >= 15 is 0 Å². The van der Waals surface area contributed by atoms with Crippen molar-refractivity contribution in [2.75, 3.05) is 6.54 Å². The van der Waals surface area contributed by atoms with Gasteiger partial charge in [0.15, 0.2) is 5.82 Å². The van der Waals surface area contributed by atoms with Crippen molar-refractivity contribution in [1.29, 1.82) is 0 Å². The van der Waals surface area contributed by atoms with Crippen LogP contribution >= 0.6 is 0 Å². The van der Waals surface area contributed by atoms with Gasteiger partial charge in [-0.2, -0.15) is 4.98 Å². The van der Waals surface area contributed by atoms with Gasteiger partial charge in [0.1, 0.15) is 11.4 Å². The highest BCUT2D eigenvalue weighted by atomic mass is 19.1. The lowest BCUT2D eigenvalue weighted by Gasteiger charge is -2.42. The van der Waals surface area contributed by atoms with Gasteiger partial charge in [0, 0.05) is 18.2 Å². The standard InChI is InChI=1S/C18H23FN4O2/c1-12(2)20-17(24)23-11-5-4-10-18(23,3)16-21-15(25-22-16)13-6-8-14(19)9-7-13/h6-9,12H,4-5,10-11H2,1-3H3,(H,20,24). The molecule has 25 heavy (non-hydrogen) atoms. The van der Waals surface area contributed by atoms with E-state index in [9.17, 15) is 9.18 Å². The van der Waals surface area contributed by atoms with Crippen LogP contribution in [0, 0.1) is 5.82 Å². The second kappa shape index (κ2) is 6.82. The van der Waals surface area contributed by atoms with Crippen LogP contribution in [-0.4, -0.2) is 33.7 Å². The van der Waals surface area contributed by atoms with Crippen molar-refractivity contribution in [2.45, 2.75) is 51.6 Å². The molecule has 1 fully saturated rings. The predicted molar refractivity (Wildman–Crippen MR) is 91.3 cm³/mol. The first-order valence-electron chi connectivity index (χ1n) is 8.58. The Balaban J connectivity index is 1.89. The van der Waals surface area contributed by atoms with Gasteiger partial charge in [0.25, 0.3) is 5.89 Å². The van der Waals surface area contributed by atoms with Crippen LogP contribution in [0.15, 0.2) is 28.8 Å². The minimum atomic E-state index is -0.626. The zero-order valence-electron chi connectivity index (χ0n) is 14.8. The highest BCUT2D eigenvalue weighted by molar-refractivity contribution is 5.75. The first-order valence-corrected chi connectivity index (χ1v) is 8.58. The van der Waals surface area contributed by atoms with Gasteiger partial charge < -0.3 is 14.7 Å². The summed E-state index contributed by atoms with van der Waals surface area (Å²) in [7, 11) is 0. The van der Waals surface area contributed by atoms with Gasteiger partial charge in [0.05, 0.1) is 0 Å². The number of aromatic nitrogens is 2. The summed E-state index contributed by atoms with van der Waals surface area (Å²) in [5.41, 5.74) is 0.0247. The Morgan fingerprint density at radius 1 is 1.32 bits per heavy atom. The summed E-state index contributed by atoms with van der Waals surface area (Å²) in [6.07, 6.45) is 2.70. The Hall–Kier alpha value is -2.44. The number of hydrogen-bond acceptors (Lipinski definition) is 4. The van der Waals surface area contributed by atoms with Crippen molar-refractivity contribution in [3.63, 3.8) is 0 Å². The molecule has 134 valence electrons. The van der Waals surface area contributed by atoms with Crippen LogP contribution in [-0.2, 0) is 5.54 Å². The van der Waals surface area contributed by atoms with Crippen LogP contribution in [0.4, 0.5) is 9.18 Å². The molecule has 0 aliphatic carbocycles. The Morgan fingerprint density at radius 2 is 2.04 bits per heavy atom. The number of carbonyl (C=O) groups is 1. The fourth-order valence-corrected chi connectivity index (χ4v) is 3.16. The molecule has 1 aromatic carbocycles. The second-order valence-electron chi connectivity index (χ2n) is 6.92. The number of halogens is 1. The summed E-state index contributed by atoms with van der Waals surface area (Å²) >= 11 is 0. The minimum absolute atomic E-state index is 0.0544. The number of amides is 2. The van der Waals surface area contributed by atoms with E-state index in [2.05, 4.69) is 15.5 Å². The summed E-state index contributed by atoms with van der Waals surface area (Å²) in [4.78, 5) is 18.9. The van der Waals surface area contributed by atoms with Crippen molar-refractivity contribution in [1.82, 2.24) is 20.4 Å². The molecule has 1 atom stereocenters. The molecular weight excluding hydrogens is 323 g/mol. The third kappa shape index (κ3) is 3.50. The molecule has 1 unspecified atom stereocenters. The zero-order chi connectivity index (χ0) is 18.0. The van der Waals surface area contributed by atoms with E-state index < -0.39 is 5.54 Å². The van der Waals surface area contributed by atoms with Crippen molar-refractivity contribution in [3.8, 4) is 11.5 Å². The zero-order valence-corrected chi connectivity index (χ0v) is 14.8. The molecule has 2 aromatic rings. The number of likely N-dealkylation sites (tertiary alicyclic amines) is 1. The third-order valence-electron chi connectivity index (χ3n) is 4.55. The summed E-state index contributed by atoms with van der Waals surface area (Å²) in [6.45, 7) is 6.47. The highest BCUT2D eigenvalue weighted by Crippen LogP contribution is 2.36. The van der Waals surface area contributed by atoms with E-state index in [1.54, 1.807) is 17.0 Å². The van der Waals surface area contributed by atoms with Gasteiger partial charge in [-0.05, 0) is 64.3 Å². The van der Waals surface area contributed by atoms with Crippen LogP contribution in [0.3, 0.4) is 0 Å². The summed E-state index contributed by atoms with van der Waals surface area (Å²) in [6, 6.07) is 5.83. The maximum absolute atomic E-state index is 13.1. The molecule has 7 heteroatoms. The summed E-state index contributed by atoms with van der Waals surface area (Å²) < 4.78 is 18.5. The maximum Gasteiger partial charge on any atom is 0.318 e. The van der Waals surface area contributed by atoms with Gasteiger partial charge in [-0.25, -0.2) is 9.18 Å².